The molecule has 1 aliphatic rings. The Hall–Kier alpha value is -2.21. The van der Waals surface area contributed by atoms with E-state index in [2.05, 4.69) is 33.0 Å². The van der Waals surface area contributed by atoms with Gasteiger partial charge in [-0.1, -0.05) is 30.3 Å². The van der Waals surface area contributed by atoms with Crippen LogP contribution in [-0.4, -0.2) is 64.4 Å². The van der Waals surface area contributed by atoms with Crippen LogP contribution in [0, 0.1) is 6.92 Å². The topological polar surface area (TPSA) is 96.7 Å². The lowest BCUT2D eigenvalue weighted by molar-refractivity contribution is -0.133. The number of carbonyl (C=O) groups is 1. The highest BCUT2D eigenvalue weighted by Gasteiger charge is 2.23. The maximum absolute atomic E-state index is 12.2. The number of piperidine rings is 1. The third kappa shape index (κ3) is 7.73. The molecule has 1 fully saturated rings. The number of halogens is 1. The summed E-state index contributed by atoms with van der Waals surface area (Å²) in [6.07, 6.45) is 2.21. The standard InChI is InChI=1S/C22H33N7O2.HI/c1-17-26-27-20(28(17)2)16-24-22(23-15-18-7-5-4-6-8-18)25-19-9-12-29(13-10-19)21(30)11-14-31-3;/h4-8,19H,9-16H2,1-3H3,(H2,23,24,25);1H. The fourth-order valence-electron chi connectivity index (χ4n) is 3.49. The van der Waals surface area contributed by atoms with E-state index in [4.69, 9.17) is 9.73 Å². The molecule has 1 aromatic carbocycles. The molecule has 10 heteroatoms. The molecule has 32 heavy (non-hydrogen) atoms. The van der Waals surface area contributed by atoms with E-state index in [0.29, 0.717) is 26.1 Å². The second-order valence-electron chi connectivity index (χ2n) is 7.77. The van der Waals surface area contributed by atoms with Crippen LogP contribution < -0.4 is 10.6 Å². The van der Waals surface area contributed by atoms with E-state index in [0.717, 1.165) is 49.1 Å². The predicted octanol–water partition coefficient (Wildman–Crippen LogP) is 2.00. The van der Waals surface area contributed by atoms with Gasteiger partial charge in [0, 0.05) is 33.3 Å². The largest absolute Gasteiger partial charge is 0.384 e. The number of likely N-dealkylation sites (tertiary alicyclic amines) is 1. The molecule has 0 saturated carbocycles. The number of ether oxygens (including phenoxy) is 1. The molecule has 1 aliphatic heterocycles. The molecular weight excluding hydrogens is 521 g/mol. The molecule has 2 heterocycles. The number of benzene rings is 1. The zero-order valence-corrected chi connectivity index (χ0v) is 21.4. The molecule has 1 aromatic heterocycles. The molecule has 2 aromatic rings. The molecule has 0 radical (unpaired) electrons. The summed E-state index contributed by atoms with van der Waals surface area (Å²) in [7, 11) is 3.58. The predicted molar refractivity (Wildman–Crippen MR) is 135 cm³/mol. The van der Waals surface area contributed by atoms with Crippen LogP contribution in [0.4, 0.5) is 0 Å². The van der Waals surface area contributed by atoms with Crippen molar-refractivity contribution in [2.24, 2.45) is 12.0 Å². The van der Waals surface area contributed by atoms with Crippen molar-refractivity contribution < 1.29 is 9.53 Å². The van der Waals surface area contributed by atoms with Crippen LogP contribution in [0.5, 0.6) is 0 Å². The molecule has 0 bridgehead atoms. The highest BCUT2D eigenvalue weighted by Crippen LogP contribution is 2.12. The van der Waals surface area contributed by atoms with E-state index in [-0.39, 0.29) is 35.9 Å². The first-order valence-corrected chi connectivity index (χ1v) is 10.8. The summed E-state index contributed by atoms with van der Waals surface area (Å²) in [4.78, 5) is 18.9. The smallest absolute Gasteiger partial charge is 0.224 e. The third-order valence-electron chi connectivity index (χ3n) is 5.57. The van der Waals surface area contributed by atoms with Crippen LogP contribution >= 0.6 is 24.0 Å². The van der Waals surface area contributed by atoms with Crippen molar-refractivity contribution in [3.63, 3.8) is 0 Å². The van der Waals surface area contributed by atoms with Crippen molar-refractivity contribution >= 4 is 35.8 Å². The minimum Gasteiger partial charge on any atom is -0.384 e. The Morgan fingerprint density at radius 1 is 1.22 bits per heavy atom. The number of aryl methyl sites for hydroxylation is 1. The van der Waals surface area contributed by atoms with E-state index in [1.165, 1.54) is 0 Å². The summed E-state index contributed by atoms with van der Waals surface area (Å²) < 4.78 is 6.98. The Labute approximate surface area is 207 Å². The van der Waals surface area contributed by atoms with Gasteiger partial charge in [0.2, 0.25) is 5.91 Å². The van der Waals surface area contributed by atoms with E-state index in [9.17, 15) is 4.79 Å². The summed E-state index contributed by atoms with van der Waals surface area (Å²) in [5.41, 5.74) is 1.15. The number of methoxy groups -OCH3 is 1. The van der Waals surface area contributed by atoms with Crippen molar-refractivity contribution in [1.29, 1.82) is 0 Å². The van der Waals surface area contributed by atoms with Gasteiger partial charge in [0.25, 0.3) is 0 Å². The van der Waals surface area contributed by atoms with Crippen LogP contribution in [0.15, 0.2) is 35.3 Å². The van der Waals surface area contributed by atoms with Gasteiger partial charge in [0.05, 0.1) is 26.1 Å². The lowest BCUT2D eigenvalue weighted by atomic mass is 10.0. The average Bonchev–Trinajstić information content (AvgIpc) is 3.12. The van der Waals surface area contributed by atoms with Gasteiger partial charge in [0.1, 0.15) is 5.82 Å². The Balaban J connectivity index is 0.00000363. The summed E-state index contributed by atoms with van der Waals surface area (Å²) in [5, 5.41) is 15.3. The maximum atomic E-state index is 12.2. The molecule has 0 spiro atoms. The van der Waals surface area contributed by atoms with Gasteiger partial charge in [0.15, 0.2) is 11.8 Å². The third-order valence-corrected chi connectivity index (χ3v) is 5.57. The number of guanidine groups is 1. The molecular formula is C22H34IN7O2. The number of amides is 1. The number of carbonyl (C=O) groups excluding carboxylic acids is 1. The minimum absolute atomic E-state index is 0. The molecule has 176 valence electrons. The SMILES string of the molecule is COCCC(=O)N1CCC(NC(=NCc2ccccc2)NCc2nnc(C)n2C)CC1.I. The second-order valence-corrected chi connectivity index (χ2v) is 7.77. The monoisotopic (exact) mass is 555 g/mol. The second kappa shape index (κ2) is 13.4. The quantitative estimate of drug-likeness (QED) is 0.294. The van der Waals surface area contributed by atoms with Gasteiger partial charge in [-0.05, 0) is 25.3 Å². The van der Waals surface area contributed by atoms with E-state index in [1.807, 2.05) is 41.6 Å². The first kappa shape index (κ1) is 26.0. The van der Waals surface area contributed by atoms with E-state index in [1.54, 1.807) is 7.11 Å². The Morgan fingerprint density at radius 3 is 2.56 bits per heavy atom. The lowest BCUT2D eigenvalue weighted by Gasteiger charge is -2.33. The van der Waals surface area contributed by atoms with Crippen molar-refractivity contribution in [1.82, 2.24) is 30.3 Å². The highest BCUT2D eigenvalue weighted by molar-refractivity contribution is 14.0. The number of rotatable bonds is 8. The summed E-state index contributed by atoms with van der Waals surface area (Å²) in [5.74, 6) is 2.63. The van der Waals surface area contributed by atoms with Crippen molar-refractivity contribution in [3.8, 4) is 0 Å². The summed E-state index contributed by atoms with van der Waals surface area (Å²) >= 11 is 0. The number of aliphatic imine (C=N–C) groups is 1. The fourth-order valence-corrected chi connectivity index (χ4v) is 3.49. The lowest BCUT2D eigenvalue weighted by Crippen LogP contribution is -2.49. The number of aromatic nitrogens is 3. The van der Waals surface area contributed by atoms with Crippen LogP contribution in [0.25, 0.3) is 0 Å². The first-order chi connectivity index (χ1) is 15.1. The van der Waals surface area contributed by atoms with E-state index < -0.39 is 0 Å². The Morgan fingerprint density at radius 2 is 1.94 bits per heavy atom. The highest BCUT2D eigenvalue weighted by atomic mass is 127. The van der Waals surface area contributed by atoms with Gasteiger partial charge < -0.3 is 24.8 Å². The van der Waals surface area contributed by atoms with Gasteiger partial charge in [-0.2, -0.15) is 0 Å². The number of nitrogens with one attached hydrogen (secondary N) is 2. The normalized spacial score (nSPS) is 14.7. The molecule has 0 atom stereocenters. The molecule has 3 rings (SSSR count). The molecule has 1 saturated heterocycles. The molecule has 0 aliphatic carbocycles. The first-order valence-electron chi connectivity index (χ1n) is 10.8. The Bertz CT molecular complexity index is 864. The fraction of sp³-hybridized carbons (Fsp3) is 0.545. The van der Waals surface area contributed by atoms with Gasteiger partial charge in [-0.25, -0.2) is 4.99 Å². The number of hydrogen-bond donors (Lipinski definition) is 2. The van der Waals surface area contributed by atoms with Crippen LogP contribution in [-0.2, 0) is 29.7 Å². The summed E-state index contributed by atoms with van der Waals surface area (Å²) in [6.45, 7) is 5.01. The van der Waals surface area contributed by atoms with Crippen molar-refractivity contribution in [2.75, 3.05) is 26.8 Å². The summed E-state index contributed by atoms with van der Waals surface area (Å²) in [6, 6.07) is 10.4. The van der Waals surface area contributed by atoms with Crippen molar-refractivity contribution in [3.05, 3.63) is 47.5 Å². The maximum Gasteiger partial charge on any atom is 0.224 e. The molecule has 9 nitrogen and oxygen atoms in total. The van der Waals surface area contributed by atoms with Gasteiger partial charge in [-0.3, -0.25) is 4.79 Å². The average molecular weight is 555 g/mol. The minimum atomic E-state index is 0. The molecule has 1 amide bonds. The van der Waals surface area contributed by atoms with Crippen LogP contribution in [0.1, 0.15) is 36.5 Å². The number of nitrogens with zero attached hydrogens (tertiary/aromatic N) is 5. The number of hydrogen-bond acceptors (Lipinski definition) is 5. The molecule has 2 N–H and O–H groups in total. The zero-order chi connectivity index (χ0) is 22.1. The Kier molecular flexibility index (Phi) is 10.9. The van der Waals surface area contributed by atoms with E-state index >= 15 is 0 Å². The van der Waals surface area contributed by atoms with Gasteiger partial charge in [-0.15, -0.1) is 34.2 Å². The van der Waals surface area contributed by atoms with Crippen LogP contribution in [0.3, 0.4) is 0 Å². The molecule has 0 unspecified atom stereocenters. The zero-order valence-electron chi connectivity index (χ0n) is 19.1. The van der Waals surface area contributed by atoms with Gasteiger partial charge >= 0.3 is 0 Å². The van der Waals surface area contributed by atoms with Crippen LogP contribution in [0.2, 0.25) is 0 Å². The van der Waals surface area contributed by atoms with Crippen molar-refractivity contribution in [2.45, 2.75) is 45.3 Å².